The smallest absolute Gasteiger partial charge is 0.323 e. The zero-order valence-corrected chi connectivity index (χ0v) is 10.4. The van der Waals surface area contributed by atoms with Crippen LogP contribution in [-0.2, 0) is 9.47 Å². The molecule has 2 fully saturated rings. The van der Waals surface area contributed by atoms with Crippen LogP contribution in [0.4, 0.5) is 4.79 Å². The molecule has 1 atom stereocenters. The molecule has 0 aromatic heterocycles. The van der Waals surface area contributed by atoms with E-state index in [0.717, 1.165) is 12.8 Å². The number of amidine groups is 1. The van der Waals surface area contributed by atoms with Gasteiger partial charge in [0.2, 0.25) is 0 Å². The van der Waals surface area contributed by atoms with Gasteiger partial charge in [0.15, 0.2) is 6.29 Å². The molecule has 1 aliphatic heterocycles. The van der Waals surface area contributed by atoms with Gasteiger partial charge in [-0.2, -0.15) is 0 Å². The van der Waals surface area contributed by atoms with Crippen LogP contribution in [0.2, 0.25) is 0 Å². The van der Waals surface area contributed by atoms with Crippen LogP contribution in [0.15, 0.2) is 0 Å². The molecule has 2 N–H and O–H groups in total. The minimum Gasteiger partial charge on any atom is -0.356 e. The molecule has 96 valence electrons. The van der Waals surface area contributed by atoms with E-state index >= 15 is 0 Å². The highest BCUT2D eigenvalue weighted by Gasteiger charge is 2.53. The predicted octanol–water partition coefficient (Wildman–Crippen LogP) is 0.919. The number of hydrogen-bond donors (Lipinski definition) is 2. The third kappa shape index (κ3) is 2.02. The van der Waals surface area contributed by atoms with Gasteiger partial charge in [-0.1, -0.05) is 0 Å². The number of carbonyl (C=O) groups excluding carboxylic acids is 1. The molecule has 0 aromatic carbocycles. The van der Waals surface area contributed by atoms with Crippen molar-refractivity contribution < 1.29 is 14.3 Å². The zero-order chi connectivity index (χ0) is 12.6. The van der Waals surface area contributed by atoms with Gasteiger partial charge in [0.25, 0.3) is 0 Å². The maximum Gasteiger partial charge on any atom is 0.323 e. The average Bonchev–Trinajstić information content (AvgIpc) is 3.06. The van der Waals surface area contributed by atoms with E-state index in [9.17, 15) is 4.79 Å². The summed E-state index contributed by atoms with van der Waals surface area (Å²) in [5.41, 5.74) is -0.644. The van der Waals surface area contributed by atoms with Crippen molar-refractivity contribution in [3.63, 3.8) is 0 Å². The predicted molar refractivity (Wildman–Crippen MR) is 61.9 cm³/mol. The summed E-state index contributed by atoms with van der Waals surface area (Å²) in [6.07, 6.45) is 2.09. The lowest BCUT2D eigenvalue weighted by molar-refractivity contribution is -0.118. The molecular weight excluding hydrogens is 222 g/mol. The minimum absolute atomic E-state index is 0.175. The molecule has 2 rings (SSSR count). The summed E-state index contributed by atoms with van der Waals surface area (Å²) in [5, 5.41) is 10.5. The molecule has 1 saturated heterocycles. The summed E-state index contributed by atoms with van der Waals surface area (Å²) >= 11 is 0. The van der Waals surface area contributed by atoms with Crippen LogP contribution in [0, 0.1) is 5.41 Å². The van der Waals surface area contributed by atoms with Crippen molar-refractivity contribution in [3.8, 4) is 0 Å². The Balaban J connectivity index is 2.19. The van der Waals surface area contributed by atoms with E-state index in [-0.39, 0.29) is 17.9 Å². The second kappa shape index (κ2) is 4.27. The molecule has 0 radical (unpaired) electrons. The highest BCUT2D eigenvalue weighted by molar-refractivity contribution is 6.08. The summed E-state index contributed by atoms with van der Waals surface area (Å²) in [7, 11) is 3.12. The standard InChI is InChI=1S/C11H19N3O3/c1-11(6-8(16-2)17-3)9(12)13-10(15)14(11)7-4-5-7/h7-8H,4-6H2,1-3H3,(H2,12,13,15). The quantitative estimate of drug-likeness (QED) is 0.703. The first-order valence-electron chi connectivity index (χ1n) is 5.78. The van der Waals surface area contributed by atoms with Gasteiger partial charge in [-0.05, 0) is 19.8 Å². The fourth-order valence-corrected chi connectivity index (χ4v) is 2.34. The number of carbonyl (C=O) groups is 1. The van der Waals surface area contributed by atoms with Gasteiger partial charge in [0.05, 0.1) is 0 Å². The van der Waals surface area contributed by atoms with E-state index < -0.39 is 11.8 Å². The summed E-state index contributed by atoms with van der Waals surface area (Å²) in [4.78, 5) is 13.6. The van der Waals surface area contributed by atoms with Crippen molar-refractivity contribution in [2.24, 2.45) is 0 Å². The molecule has 1 heterocycles. The lowest BCUT2D eigenvalue weighted by Gasteiger charge is -2.35. The Kier molecular flexibility index (Phi) is 3.09. The van der Waals surface area contributed by atoms with Gasteiger partial charge in [-0.3, -0.25) is 10.7 Å². The lowest BCUT2D eigenvalue weighted by atomic mass is 9.95. The Morgan fingerprint density at radius 3 is 2.59 bits per heavy atom. The van der Waals surface area contributed by atoms with Crippen LogP contribution >= 0.6 is 0 Å². The van der Waals surface area contributed by atoms with Crippen LogP contribution in [-0.4, -0.2) is 48.9 Å². The average molecular weight is 241 g/mol. The summed E-state index contributed by atoms with van der Waals surface area (Å²) in [5.74, 6) is 0.230. The topological polar surface area (TPSA) is 74.7 Å². The van der Waals surface area contributed by atoms with Crippen LogP contribution in [0.3, 0.4) is 0 Å². The summed E-state index contributed by atoms with van der Waals surface area (Å²) in [6, 6.07) is 0.0863. The molecule has 6 heteroatoms. The third-order valence-corrected chi connectivity index (χ3v) is 3.52. The second-order valence-corrected chi connectivity index (χ2v) is 4.79. The Labute approximate surface area is 101 Å². The molecular formula is C11H19N3O3. The molecule has 0 spiro atoms. The number of nitrogens with one attached hydrogen (secondary N) is 2. The largest absolute Gasteiger partial charge is 0.356 e. The van der Waals surface area contributed by atoms with Gasteiger partial charge < -0.3 is 14.4 Å². The van der Waals surface area contributed by atoms with E-state index in [1.807, 2.05) is 6.92 Å². The van der Waals surface area contributed by atoms with Crippen LogP contribution in [0.25, 0.3) is 0 Å². The van der Waals surface area contributed by atoms with Crippen LogP contribution < -0.4 is 5.32 Å². The zero-order valence-electron chi connectivity index (χ0n) is 10.4. The van der Waals surface area contributed by atoms with Crippen molar-refractivity contribution in [2.45, 2.75) is 44.1 Å². The SMILES string of the molecule is COC(CC1(C)C(=N)NC(=O)N1C1CC1)OC. The normalized spacial score (nSPS) is 29.1. The molecule has 1 unspecified atom stereocenters. The number of amides is 2. The molecule has 2 amide bonds. The molecule has 1 saturated carbocycles. The molecule has 0 bridgehead atoms. The first-order chi connectivity index (χ1) is 8.02. The number of methoxy groups -OCH3 is 2. The molecule has 2 aliphatic rings. The number of urea groups is 1. The van der Waals surface area contributed by atoms with Gasteiger partial charge in [-0.25, -0.2) is 4.79 Å². The van der Waals surface area contributed by atoms with Gasteiger partial charge in [0.1, 0.15) is 11.4 Å². The van der Waals surface area contributed by atoms with Crippen molar-refractivity contribution in [3.05, 3.63) is 0 Å². The number of rotatable bonds is 5. The Hall–Kier alpha value is -1.14. The first-order valence-corrected chi connectivity index (χ1v) is 5.78. The van der Waals surface area contributed by atoms with E-state index in [0.29, 0.717) is 6.42 Å². The Morgan fingerprint density at radius 1 is 1.53 bits per heavy atom. The highest BCUT2D eigenvalue weighted by atomic mass is 16.7. The monoisotopic (exact) mass is 241 g/mol. The van der Waals surface area contributed by atoms with E-state index in [2.05, 4.69) is 5.32 Å². The van der Waals surface area contributed by atoms with Gasteiger partial charge in [0, 0.05) is 26.7 Å². The van der Waals surface area contributed by atoms with E-state index in [4.69, 9.17) is 14.9 Å². The number of nitrogens with zero attached hydrogens (tertiary/aromatic N) is 1. The maximum absolute atomic E-state index is 11.8. The molecule has 6 nitrogen and oxygen atoms in total. The summed E-state index contributed by atoms with van der Waals surface area (Å²) < 4.78 is 10.3. The fraction of sp³-hybridized carbons (Fsp3) is 0.818. The van der Waals surface area contributed by atoms with Crippen molar-refractivity contribution in [2.75, 3.05) is 14.2 Å². The Morgan fingerprint density at radius 2 is 2.12 bits per heavy atom. The Bertz CT molecular complexity index is 339. The maximum atomic E-state index is 11.8. The molecule has 0 aromatic rings. The van der Waals surface area contributed by atoms with E-state index in [1.54, 1.807) is 19.1 Å². The lowest BCUT2D eigenvalue weighted by Crippen LogP contribution is -2.50. The van der Waals surface area contributed by atoms with Gasteiger partial charge >= 0.3 is 6.03 Å². The van der Waals surface area contributed by atoms with Crippen LogP contribution in [0.1, 0.15) is 26.2 Å². The molecule has 1 aliphatic carbocycles. The van der Waals surface area contributed by atoms with E-state index in [1.165, 1.54) is 0 Å². The van der Waals surface area contributed by atoms with Crippen molar-refractivity contribution >= 4 is 11.9 Å². The van der Waals surface area contributed by atoms with Crippen molar-refractivity contribution in [1.29, 1.82) is 5.41 Å². The summed E-state index contributed by atoms with van der Waals surface area (Å²) in [6.45, 7) is 1.89. The second-order valence-electron chi connectivity index (χ2n) is 4.79. The van der Waals surface area contributed by atoms with Crippen molar-refractivity contribution in [1.82, 2.24) is 10.2 Å². The molecule has 17 heavy (non-hydrogen) atoms. The van der Waals surface area contributed by atoms with Gasteiger partial charge in [-0.15, -0.1) is 0 Å². The van der Waals surface area contributed by atoms with Crippen LogP contribution in [0.5, 0.6) is 0 Å². The minimum atomic E-state index is -0.644. The first kappa shape index (κ1) is 12.3. The number of ether oxygens (including phenoxy) is 2. The third-order valence-electron chi connectivity index (χ3n) is 3.52. The number of hydrogen-bond acceptors (Lipinski definition) is 4. The fourth-order valence-electron chi connectivity index (χ4n) is 2.34. The highest BCUT2D eigenvalue weighted by Crippen LogP contribution is 2.38.